The molecule has 1 unspecified atom stereocenters. The SMILES string of the molecule is CCCC(COC)NCc1ncc(Cl)n1C. The smallest absolute Gasteiger partial charge is 0.128 e. The average molecular weight is 246 g/mol. The summed E-state index contributed by atoms with van der Waals surface area (Å²) in [6, 6.07) is 0.380. The van der Waals surface area contributed by atoms with Crippen LogP contribution in [0.1, 0.15) is 25.6 Å². The van der Waals surface area contributed by atoms with E-state index < -0.39 is 0 Å². The lowest BCUT2D eigenvalue weighted by molar-refractivity contribution is 0.161. The van der Waals surface area contributed by atoms with Crippen LogP contribution in [0.2, 0.25) is 5.15 Å². The molecule has 0 aliphatic heterocycles. The highest BCUT2D eigenvalue weighted by atomic mass is 35.5. The van der Waals surface area contributed by atoms with Crippen LogP contribution in [0.5, 0.6) is 0 Å². The first-order valence-corrected chi connectivity index (χ1v) is 5.95. The molecule has 1 aromatic rings. The third-order valence-electron chi connectivity index (χ3n) is 2.58. The Morgan fingerprint density at radius 1 is 1.62 bits per heavy atom. The van der Waals surface area contributed by atoms with Crippen LogP contribution >= 0.6 is 11.6 Å². The van der Waals surface area contributed by atoms with Gasteiger partial charge in [-0.05, 0) is 6.42 Å². The molecule has 0 radical (unpaired) electrons. The number of hydrogen-bond acceptors (Lipinski definition) is 3. The molecule has 4 nitrogen and oxygen atoms in total. The van der Waals surface area contributed by atoms with Crippen molar-refractivity contribution in [3.05, 3.63) is 17.2 Å². The number of hydrogen-bond donors (Lipinski definition) is 1. The van der Waals surface area contributed by atoms with Gasteiger partial charge in [-0.15, -0.1) is 0 Å². The van der Waals surface area contributed by atoms with Gasteiger partial charge in [0.2, 0.25) is 0 Å². The summed E-state index contributed by atoms with van der Waals surface area (Å²) in [5, 5.41) is 4.09. The molecule has 0 saturated heterocycles. The highest BCUT2D eigenvalue weighted by Gasteiger charge is 2.09. The molecule has 1 atom stereocenters. The van der Waals surface area contributed by atoms with Crippen LogP contribution in [0.25, 0.3) is 0 Å². The van der Waals surface area contributed by atoms with Crippen LogP contribution in [0.4, 0.5) is 0 Å². The van der Waals surface area contributed by atoms with Crippen molar-refractivity contribution in [3.8, 4) is 0 Å². The van der Waals surface area contributed by atoms with Crippen LogP contribution in [0.15, 0.2) is 6.20 Å². The summed E-state index contributed by atoms with van der Waals surface area (Å²) in [5.41, 5.74) is 0. The maximum Gasteiger partial charge on any atom is 0.128 e. The first-order chi connectivity index (χ1) is 7.69. The van der Waals surface area contributed by atoms with E-state index in [1.165, 1.54) is 0 Å². The van der Waals surface area contributed by atoms with Gasteiger partial charge >= 0.3 is 0 Å². The first kappa shape index (κ1) is 13.5. The highest BCUT2D eigenvalue weighted by molar-refractivity contribution is 6.29. The van der Waals surface area contributed by atoms with E-state index in [1.807, 2.05) is 11.6 Å². The predicted molar refractivity (Wildman–Crippen MR) is 65.6 cm³/mol. The third kappa shape index (κ3) is 3.77. The van der Waals surface area contributed by atoms with E-state index in [0.29, 0.717) is 11.2 Å². The van der Waals surface area contributed by atoms with E-state index in [1.54, 1.807) is 13.3 Å². The van der Waals surface area contributed by atoms with E-state index in [0.717, 1.165) is 31.8 Å². The Labute approximate surface area is 102 Å². The molecular weight excluding hydrogens is 226 g/mol. The van der Waals surface area contributed by atoms with Gasteiger partial charge in [-0.25, -0.2) is 4.98 Å². The second-order valence-electron chi connectivity index (χ2n) is 3.88. The van der Waals surface area contributed by atoms with Gasteiger partial charge < -0.3 is 14.6 Å². The second kappa shape index (κ2) is 6.89. The van der Waals surface area contributed by atoms with Crippen LogP contribution in [0, 0.1) is 0 Å². The Morgan fingerprint density at radius 3 is 2.88 bits per heavy atom. The minimum absolute atomic E-state index is 0.380. The van der Waals surface area contributed by atoms with Crippen molar-refractivity contribution in [2.45, 2.75) is 32.4 Å². The number of methoxy groups -OCH3 is 1. The molecule has 0 amide bonds. The van der Waals surface area contributed by atoms with Crippen molar-refractivity contribution in [2.24, 2.45) is 7.05 Å². The van der Waals surface area contributed by atoms with Crippen molar-refractivity contribution in [1.29, 1.82) is 0 Å². The molecule has 0 fully saturated rings. The third-order valence-corrected chi connectivity index (χ3v) is 2.93. The van der Waals surface area contributed by atoms with E-state index >= 15 is 0 Å². The maximum atomic E-state index is 5.92. The van der Waals surface area contributed by atoms with Gasteiger partial charge in [0, 0.05) is 20.2 Å². The molecule has 1 N–H and O–H groups in total. The molecule has 0 aliphatic carbocycles. The Hall–Kier alpha value is -0.580. The standard InChI is InChI=1S/C11H20ClN3O/c1-4-5-9(8-16-3)13-7-11-14-6-10(12)15(11)2/h6,9,13H,4-5,7-8H2,1-3H3. The topological polar surface area (TPSA) is 39.1 Å². The summed E-state index contributed by atoms with van der Waals surface area (Å²) in [6.45, 7) is 3.62. The monoisotopic (exact) mass is 245 g/mol. The van der Waals surface area contributed by atoms with Crippen LogP contribution in [0.3, 0.4) is 0 Å². The number of aromatic nitrogens is 2. The lowest BCUT2D eigenvalue weighted by atomic mass is 10.2. The van der Waals surface area contributed by atoms with Crippen molar-refractivity contribution in [3.63, 3.8) is 0 Å². The number of nitrogens with one attached hydrogen (secondary N) is 1. The lowest BCUT2D eigenvalue weighted by Crippen LogP contribution is -2.33. The average Bonchev–Trinajstić information content (AvgIpc) is 2.58. The highest BCUT2D eigenvalue weighted by Crippen LogP contribution is 2.09. The van der Waals surface area contributed by atoms with Gasteiger partial charge in [0.25, 0.3) is 0 Å². The molecule has 5 heteroatoms. The van der Waals surface area contributed by atoms with Gasteiger partial charge in [-0.3, -0.25) is 0 Å². The van der Waals surface area contributed by atoms with E-state index in [2.05, 4.69) is 17.2 Å². The zero-order chi connectivity index (χ0) is 12.0. The molecule has 0 spiro atoms. The summed E-state index contributed by atoms with van der Waals surface area (Å²) in [6.07, 6.45) is 3.91. The lowest BCUT2D eigenvalue weighted by Gasteiger charge is -2.16. The van der Waals surface area contributed by atoms with Crippen LogP contribution < -0.4 is 5.32 Å². The number of imidazole rings is 1. The molecule has 0 aromatic carbocycles. The van der Waals surface area contributed by atoms with Gasteiger partial charge in [0.15, 0.2) is 0 Å². The van der Waals surface area contributed by atoms with Crippen LogP contribution in [-0.2, 0) is 18.3 Å². The quantitative estimate of drug-likeness (QED) is 0.799. The fraction of sp³-hybridized carbons (Fsp3) is 0.727. The fourth-order valence-electron chi connectivity index (χ4n) is 1.62. The zero-order valence-corrected chi connectivity index (χ0v) is 10.9. The minimum atomic E-state index is 0.380. The van der Waals surface area contributed by atoms with Crippen molar-refractivity contribution < 1.29 is 4.74 Å². The Morgan fingerprint density at radius 2 is 2.38 bits per heavy atom. The van der Waals surface area contributed by atoms with Crippen molar-refractivity contribution in [1.82, 2.24) is 14.9 Å². The number of halogens is 1. The van der Waals surface area contributed by atoms with Crippen molar-refractivity contribution >= 4 is 11.6 Å². The number of ether oxygens (including phenoxy) is 1. The largest absolute Gasteiger partial charge is 0.383 e. The van der Waals surface area contributed by atoms with Gasteiger partial charge in [0.1, 0.15) is 11.0 Å². The molecule has 0 aliphatic rings. The minimum Gasteiger partial charge on any atom is -0.383 e. The summed E-state index contributed by atoms with van der Waals surface area (Å²) < 4.78 is 7.04. The summed E-state index contributed by atoms with van der Waals surface area (Å²) in [5.74, 6) is 0.946. The summed E-state index contributed by atoms with van der Waals surface area (Å²) in [7, 11) is 3.64. The van der Waals surface area contributed by atoms with Gasteiger partial charge in [-0.2, -0.15) is 0 Å². The predicted octanol–water partition coefficient (Wildman–Crippen LogP) is 1.98. The van der Waals surface area contributed by atoms with E-state index in [4.69, 9.17) is 16.3 Å². The fourth-order valence-corrected chi connectivity index (χ4v) is 1.76. The van der Waals surface area contributed by atoms with Crippen LogP contribution in [-0.4, -0.2) is 29.3 Å². The summed E-state index contributed by atoms with van der Waals surface area (Å²) >= 11 is 5.92. The molecule has 1 aromatic heterocycles. The molecule has 1 heterocycles. The van der Waals surface area contributed by atoms with Crippen molar-refractivity contribution in [2.75, 3.05) is 13.7 Å². The molecule has 16 heavy (non-hydrogen) atoms. The van der Waals surface area contributed by atoms with Gasteiger partial charge in [-0.1, -0.05) is 24.9 Å². The maximum absolute atomic E-state index is 5.92. The zero-order valence-electron chi connectivity index (χ0n) is 10.2. The molecule has 1 rings (SSSR count). The van der Waals surface area contributed by atoms with Gasteiger partial charge in [0.05, 0.1) is 19.3 Å². The Balaban J connectivity index is 2.45. The normalized spacial score (nSPS) is 13.0. The van der Waals surface area contributed by atoms with E-state index in [-0.39, 0.29) is 0 Å². The number of rotatable bonds is 7. The molecule has 92 valence electrons. The molecular formula is C11H20ClN3O. The first-order valence-electron chi connectivity index (χ1n) is 5.57. The molecule has 0 saturated carbocycles. The molecule has 0 bridgehead atoms. The Bertz CT molecular complexity index is 308. The van der Waals surface area contributed by atoms with E-state index in [9.17, 15) is 0 Å². The Kier molecular flexibility index (Phi) is 5.80. The summed E-state index contributed by atoms with van der Waals surface area (Å²) in [4.78, 5) is 4.24. The number of nitrogens with zero attached hydrogens (tertiary/aromatic N) is 2. The second-order valence-corrected chi connectivity index (χ2v) is 4.27.